The summed E-state index contributed by atoms with van der Waals surface area (Å²) in [5.74, 6) is -1.40. The van der Waals surface area contributed by atoms with Gasteiger partial charge in [0.25, 0.3) is 0 Å². The fourth-order valence-corrected chi connectivity index (χ4v) is 2.48. The van der Waals surface area contributed by atoms with Crippen molar-refractivity contribution < 1.29 is 14.3 Å². The fraction of sp³-hybridized carbons (Fsp3) is 0. The molecule has 20 heavy (non-hydrogen) atoms. The van der Waals surface area contributed by atoms with Crippen LogP contribution < -0.4 is 0 Å². The van der Waals surface area contributed by atoms with Crippen LogP contribution in [0.2, 0.25) is 0 Å². The molecule has 0 fully saturated rings. The molecule has 2 heterocycles. The van der Waals surface area contributed by atoms with E-state index in [4.69, 9.17) is 0 Å². The Balaban J connectivity index is 2.12. The van der Waals surface area contributed by atoms with E-state index in [2.05, 4.69) is 5.10 Å². The van der Waals surface area contributed by atoms with Crippen molar-refractivity contribution >= 4 is 17.3 Å². The van der Waals surface area contributed by atoms with Crippen molar-refractivity contribution in [1.29, 1.82) is 0 Å². The van der Waals surface area contributed by atoms with E-state index in [9.17, 15) is 14.3 Å². The molecule has 0 unspecified atom stereocenters. The number of nitrogens with zero attached hydrogens (tertiary/aromatic N) is 2. The smallest absolute Gasteiger partial charge is 0.354 e. The van der Waals surface area contributed by atoms with Crippen molar-refractivity contribution in [1.82, 2.24) is 9.78 Å². The highest BCUT2D eigenvalue weighted by molar-refractivity contribution is 7.08. The predicted molar refractivity (Wildman–Crippen MR) is 73.8 cm³/mol. The van der Waals surface area contributed by atoms with E-state index < -0.39 is 5.97 Å². The largest absolute Gasteiger partial charge is 0.477 e. The molecule has 0 bridgehead atoms. The topological polar surface area (TPSA) is 55.1 Å². The average molecular weight is 288 g/mol. The zero-order valence-electron chi connectivity index (χ0n) is 10.2. The number of aromatic nitrogens is 2. The number of rotatable bonds is 3. The number of aromatic carboxylic acids is 1. The second-order valence-corrected chi connectivity index (χ2v) is 4.90. The van der Waals surface area contributed by atoms with Gasteiger partial charge in [0, 0.05) is 10.9 Å². The maximum absolute atomic E-state index is 12.9. The Bertz CT molecular complexity index is 748. The Morgan fingerprint density at radius 1 is 1.25 bits per heavy atom. The number of benzene rings is 1. The lowest BCUT2D eigenvalue weighted by molar-refractivity contribution is 0.0687. The van der Waals surface area contributed by atoms with Crippen LogP contribution in [0.25, 0.3) is 16.9 Å². The summed E-state index contributed by atoms with van der Waals surface area (Å²) < 4.78 is 14.3. The number of thiophene rings is 1. The molecule has 2 aromatic heterocycles. The van der Waals surface area contributed by atoms with Crippen LogP contribution >= 0.6 is 11.3 Å². The van der Waals surface area contributed by atoms with Gasteiger partial charge in [0.15, 0.2) is 5.69 Å². The summed E-state index contributed by atoms with van der Waals surface area (Å²) in [6, 6.07) is 9.05. The SMILES string of the molecule is O=C(O)c1cc(-c2ccc(F)cc2)nn1-c1ccsc1. The first kappa shape index (κ1) is 12.6. The van der Waals surface area contributed by atoms with E-state index in [1.54, 1.807) is 18.2 Å². The summed E-state index contributed by atoms with van der Waals surface area (Å²) in [4.78, 5) is 11.3. The number of halogens is 1. The Kier molecular flexibility index (Phi) is 3.08. The Morgan fingerprint density at radius 2 is 2.00 bits per heavy atom. The van der Waals surface area contributed by atoms with Gasteiger partial charge in [-0.05, 0) is 41.8 Å². The van der Waals surface area contributed by atoms with Crippen LogP contribution in [0, 0.1) is 5.82 Å². The summed E-state index contributed by atoms with van der Waals surface area (Å²) in [5, 5.41) is 17.2. The monoisotopic (exact) mass is 288 g/mol. The lowest BCUT2D eigenvalue weighted by Gasteiger charge is -2.00. The molecular formula is C14H9FN2O2S. The minimum atomic E-state index is -1.06. The molecule has 0 amide bonds. The predicted octanol–water partition coefficient (Wildman–Crippen LogP) is 3.44. The molecular weight excluding hydrogens is 279 g/mol. The molecule has 4 nitrogen and oxygen atoms in total. The summed E-state index contributed by atoms with van der Waals surface area (Å²) in [6.07, 6.45) is 0. The molecule has 0 atom stereocenters. The molecule has 0 radical (unpaired) electrons. The van der Waals surface area contributed by atoms with Crippen molar-refractivity contribution in [2.24, 2.45) is 0 Å². The van der Waals surface area contributed by atoms with Gasteiger partial charge in [-0.1, -0.05) is 0 Å². The van der Waals surface area contributed by atoms with E-state index in [1.165, 1.54) is 34.2 Å². The number of hydrogen-bond donors (Lipinski definition) is 1. The first-order valence-corrected chi connectivity index (χ1v) is 6.71. The van der Waals surface area contributed by atoms with Gasteiger partial charge >= 0.3 is 5.97 Å². The van der Waals surface area contributed by atoms with Gasteiger partial charge in [-0.2, -0.15) is 16.4 Å². The molecule has 0 spiro atoms. The maximum atomic E-state index is 12.9. The lowest BCUT2D eigenvalue weighted by Crippen LogP contribution is -2.06. The van der Waals surface area contributed by atoms with Gasteiger partial charge in [0.1, 0.15) is 5.82 Å². The molecule has 1 aromatic carbocycles. The fourth-order valence-electron chi connectivity index (χ4n) is 1.87. The third-order valence-electron chi connectivity index (χ3n) is 2.82. The first-order chi connectivity index (χ1) is 9.65. The Hall–Kier alpha value is -2.47. The third kappa shape index (κ3) is 2.21. The van der Waals surface area contributed by atoms with Crippen LogP contribution in [-0.2, 0) is 0 Å². The highest BCUT2D eigenvalue weighted by Crippen LogP contribution is 2.23. The molecule has 0 aliphatic rings. The van der Waals surface area contributed by atoms with E-state index in [-0.39, 0.29) is 11.5 Å². The van der Waals surface area contributed by atoms with Gasteiger partial charge < -0.3 is 5.11 Å². The van der Waals surface area contributed by atoms with Crippen LogP contribution in [0.1, 0.15) is 10.5 Å². The van der Waals surface area contributed by atoms with Crippen molar-refractivity contribution in [2.45, 2.75) is 0 Å². The quantitative estimate of drug-likeness (QED) is 0.803. The molecule has 6 heteroatoms. The summed E-state index contributed by atoms with van der Waals surface area (Å²) in [7, 11) is 0. The number of hydrogen-bond acceptors (Lipinski definition) is 3. The lowest BCUT2D eigenvalue weighted by atomic mass is 10.1. The van der Waals surface area contributed by atoms with Crippen molar-refractivity contribution in [3.63, 3.8) is 0 Å². The molecule has 0 aliphatic heterocycles. The number of carboxylic acids is 1. The van der Waals surface area contributed by atoms with Crippen molar-refractivity contribution in [3.05, 3.63) is 58.7 Å². The Labute approximate surface area is 117 Å². The van der Waals surface area contributed by atoms with Crippen LogP contribution in [0.5, 0.6) is 0 Å². The minimum absolute atomic E-state index is 0.0720. The van der Waals surface area contributed by atoms with E-state index in [1.807, 2.05) is 10.8 Å². The zero-order chi connectivity index (χ0) is 14.1. The molecule has 0 aliphatic carbocycles. The number of carbonyl (C=O) groups is 1. The Morgan fingerprint density at radius 3 is 2.60 bits per heavy atom. The third-order valence-corrected chi connectivity index (χ3v) is 3.49. The zero-order valence-corrected chi connectivity index (χ0v) is 11.0. The molecule has 0 saturated heterocycles. The molecule has 1 N–H and O–H groups in total. The summed E-state index contributed by atoms with van der Waals surface area (Å²) >= 11 is 1.46. The highest BCUT2D eigenvalue weighted by Gasteiger charge is 2.16. The van der Waals surface area contributed by atoms with Gasteiger partial charge in [-0.25, -0.2) is 13.9 Å². The minimum Gasteiger partial charge on any atom is -0.477 e. The van der Waals surface area contributed by atoms with Gasteiger partial charge in [0.2, 0.25) is 0 Å². The van der Waals surface area contributed by atoms with Crippen molar-refractivity contribution in [3.8, 4) is 16.9 Å². The molecule has 3 rings (SSSR count). The maximum Gasteiger partial charge on any atom is 0.354 e. The normalized spacial score (nSPS) is 10.7. The van der Waals surface area contributed by atoms with Crippen LogP contribution in [0.15, 0.2) is 47.2 Å². The molecule has 0 saturated carbocycles. The molecule has 100 valence electrons. The highest BCUT2D eigenvalue weighted by atomic mass is 32.1. The van der Waals surface area contributed by atoms with Crippen LogP contribution in [0.4, 0.5) is 4.39 Å². The van der Waals surface area contributed by atoms with E-state index >= 15 is 0 Å². The number of carboxylic acid groups (broad SMARTS) is 1. The van der Waals surface area contributed by atoms with E-state index in [0.29, 0.717) is 16.9 Å². The average Bonchev–Trinajstić information content (AvgIpc) is 3.08. The van der Waals surface area contributed by atoms with Gasteiger partial charge in [-0.15, -0.1) is 0 Å². The van der Waals surface area contributed by atoms with Crippen molar-refractivity contribution in [2.75, 3.05) is 0 Å². The summed E-state index contributed by atoms with van der Waals surface area (Å²) in [5.41, 5.74) is 1.93. The second kappa shape index (κ2) is 4.90. The molecule has 3 aromatic rings. The second-order valence-electron chi connectivity index (χ2n) is 4.12. The standard InChI is InChI=1S/C14H9FN2O2S/c15-10-3-1-9(2-4-10)12-7-13(14(18)19)17(16-12)11-5-6-20-8-11/h1-8H,(H,18,19). The van der Waals surface area contributed by atoms with Crippen LogP contribution in [0.3, 0.4) is 0 Å². The summed E-state index contributed by atoms with van der Waals surface area (Å²) in [6.45, 7) is 0. The van der Waals surface area contributed by atoms with Gasteiger partial charge in [-0.3, -0.25) is 0 Å². The van der Waals surface area contributed by atoms with Crippen LogP contribution in [-0.4, -0.2) is 20.9 Å². The first-order valence-electron chi connectivity index (χ1n) is 5.77. The van der Waals surface area contributed by atoms with Gasteiger partial charge in [0.05, 0.1) is 11.4 Å². The van der Waals surface area contributed by atoms with E-state index in [0.717, 1.165) is 0 Å².